The van der Waals surface area contributed by atoms with Gasteiger partial charge in [-0.1, -0.05) is 11.6 Å². The van der Waals surface area contributed by atoms with E-state index in [1.54, 1.807) is 61.9 Å². The second-order valence-corrected chi connectivity index (χ2v) is 6.86. The van der Waals surface area contributed by atoms with Crippen LogP contribution in [0.15, 0.2) is 77.9 Å². The maximum atomic E-state index is 12.1. The fraction of sp³-hybridized carbons (Fsp3) is 0.0455. The predicted octanol–water partition coefficient (Wildman–Crippen LogP) is 4.89. The van der Waals surface area contributed by atoms with Crippen molar-refractivity contribution in [1.82, 2.24) is 5.43 Å². The zero-order valence-electron chi connectivity index (χ0n) is 16.0. The van der Waals surface area contributed by atoms with E-state index in [9.17, 15) is 4.79 Å². The van der Waals surface area contributed by atoms with E-state index in [4.69, 9.17) is 33.3 Å². The Labute approximate surface area is 184 Å². The number of nitrogens with zero attached hydrogens (tertiary/aromatic N) is 1. The predicted molar refractivity (Wildman–Crippen MR) is 123 cm³/mol. The lowest BCUT2D eigenvalue weighted by Crippen LogP contribution is -2.23. The van der Waals surface area contributed by atoms with Gasteiger partial charge in [-0.05, 0) is 90.6 Å². The molecule has 0 spiro atoms. The number of halogens is 1. The van der Waals surface area contributed by atoms with E-state index >= 15 is 0 Å². The second kappa shape index (κ2) is 10.4. The molecule has 30 heavy (non-hydrogen) atoms. The van der Waals surface area contributed by atoms with Gasteiger partial charge in [0, 0.05) is 10.7 Å². The molecule has 2 N–H and O–H groups in total. The number of nitrogens with one attached hydrogen (secondary N) is 2. The minimum Gasteiger partial charge on any atom is -0.497 e. The molecule has 0 aromatic heterocycles. The molecule has 0 aliphatic carbocycles. The van der Waals surface area contributed by atoms with Crippen molar-refractivity contribution in [1.29, 1.82) is 0 Å². The lowest BCUT2D eigenvalue weighted by Gasteiger charge is -2.07. The van der Waals surface area contributed by atoms with Crippen molar-refractivity contribution >= 4 is 46.8 Å². The summed E-state index contributed by atoms with van der Waals surface area (Å²) < 4.78 is 10.5. The highest BCUT2D eigenvalue weighted by molar-refractivity contribution is 7.80. The van der Waals surface area contributed by atoms with Gasteiger partial charge < -0.3 is 14.8 Å². The first-order valence-electron chi connectivity index (χ1n) is 8.85. The molecule has 0 bridgehead atoms. The van der Waals surface area contributed by atoms with Crippen molar-refractivity contribution < 1.29 is 14.3 Å². The summed E-state index contributed by atoms with van der Waals surface area (Å²) in [5, 5.41) is 8.02. The lowest BCUT2D eigenvalue weighted by molar-refractivity contribution is 0.0735. The van der Waals surface area contributed by atoms with Gasteiger partial charge in [0.25, 0.3) is 0 Å². The topological polar surface area (TPSA) is 71.9 Å². The third-order valence-electron chi connectivity index (χ3n) is 3.90. The van der Waals surface area contributed by atoms with Crippen LogP contribution in [0.5, 0.6) is 11.5 Å². The number of hydrazone groups is 1. The first kappa shape index (κ1) is 21.3. The molecule has 0 saturated heterocycles. The molecule has 3 aromatic rings. The summed E-state index contributed by atoms with van der Waals surface area (Å²) in [6, 6.07) is 20.8. The van der Waals surface area contributed by atoms with Crippen molar-refractivity contribution in [2.45, 2.75) is 0 Å². The number of carbonyl (C=O) groups is 1. The zero-order valence-corrected chi connectivity index (χ0v) is 17.5. The monoisotopic (exact) mass is 439 g/mol. The van der Waals surface area contributed by atoms with Crippen LogP contribution in [0.25, 0.3) is 0 Å². The van der Waals surface area contributed by atoms with Crippen LogP contribution in [0.1, 0.15) is 15.9 Å². The molecule has 3 rings (SSSR count). The Morgan fingerprint density at radius 3 is 2.23 bits per heavy atom. The summed E-state index contributed by atoms with van der Waals surface area (Å²) in [5.74, 6) is 0.737. The molecule has 152 valence electrons. The van der Waals surface area contributed by atoms with Crippen LogP contribution in [-0.4, -0.2) is 24.4 Å². The summed E-state index contributed by atoms with van der Waals surface area (Å²) in [5.41, 5.74) is 4.79. The first-order chi connectivity index (χ1) is 14.5. The van der Waals surface area contributed by atoms with Crippen LogP contribution in [0.3, 0.4) is 0 Å². The van der Waals surface area contributed by atoms with E-state index < -0.39 is 5.97 Å². The van der Waals surface area contributed by atoms with Gasteiger partial charge >= 0.3 is 5.97 Å². The van der Waals surface area contributed by atoms with Crippen LogP contribution in [-0.2, 0) is 0 Å². The highest BCUT2D eigenvalue weighted by Crippen LogP contribution is 2.16. The Morgan fingerprint density at radius 2 is 1.60 bits per heavy atom. The Hall–Kier alpha value is -3.42. The number of ether oxygens (including phenoxy) is 2. The smallest absolute Gasteiger partial charge is 0.343 e. The molecule has 0 aliphatic heterocycles. The van der Waals surface area contributed by atoms with Crippen molar-refractivity contribution in [3.63, 3.8) is 0 Å². The average Bonchev–Trinajstić information content (AvgIpc) is 2.76. The Morgan fingerprint density at radius 1 is 0.967 bits per heavy atom. The third kappa shape index (κ3) is 6.30. The Bertz CT molecular complexity index is 1040. The number of esters is 1. The van der Waals surface area contributed by atoms with Crippen LogP contribution in [0, 0.1) is 0 Å². The van der Waals surface area contributed by atoms with E-state index in [1.165, 1.54) is 0 Å². The zero-order chi connectivity index (χ0) is 21.3. The highest BCUT2D eigenvalue weighted by atomic mass is 35.5. The number of hydrogen-bond donors (Lipinski definition) is 2. The van der Waals surface area contributed by atoms with Gasteiger partial charge in [0.15, 0.2) is 5.11 Å². The van der Waals surface area contributed by atoms with Crippen molar-refractivity contribution in [3.05, 3.63) is 88.9 Å². The maximum absolute atomic E-state index is 12.1. The van der Waals surface area contributed by atoms with E-state index in [2.05, 4.69) is 15.8 Å². The molecule has 0 fully saturated rings. The van der Waals surface area contributed by atoms with Gasteiger partial charge in [0.1, 0.15) is 11.5 Å². The normalized spacial score (nSPS) is 10.5. The summed E-state index contributed by atoms with van der Waals surface area (Å²) in [4.78, 5) is 12.1. The molecule has 0 heterocycles. The van der Waals surface area contributed by atoms with E-state index in [-0.39, 0.29) is 0 Å². The van der Waals surface area contributed by atoms with Gasteiger partial charge in [-0.2, -0.15) is 5.10 Å². The summed E-state index contributed by atoms with van der Waals surface area (Å²) in [6.45, 7) is 0. The number of hydrogen-bond acceptors (Lipinski definition) is 5. The van der Waals surface area contributed by atoms with Crippen molar-refractivity contribution in [2.75, 3.05) is 12.4 Å². The first-order valence-corrected chi connectivity index (χ1v) is 9.64. The number of benzene rings is 3. The standard InChI is InChI=1S/C22H18ClN3O3S/c1-28-19-12-8-18(9-13-19)25-22(30)26-24-14-15-2-10-20(11-3-15)29-21(27)16-4-6-17(23)7-5-16/h2-14H,1H3,(H2,25,26,30)/b24-14-. The summed E-state index contributed by atoms with van der Waals surface area (Å²) in [6.07, 6.45) is 1.60. The molecule has 0 saturated carbocycles. The second-order valence-electron chi connectivity index (χ2n) is 6.02. The molecule has 0 atom stereocenters. The summed E-state index contributed by atoms with van der Waals surface area (Å²) in [7, 11) is 1.61. The van der Waals surface area contributed by atoms with Gasteiger partial charge in [0.05, 0.1) is 18.9 Å². The van der Waals surface area contributed by atoms with E-state index in [0.29, 0.717) is 21.4 Å². The molecular weight excluding hydrogens is 422 g/mol. The lowest BCUT2D eigenvalue weighted by atomic mass is 10.2. The molecule has 0 aliphatic rings. The molecule has 0 unspecified atom stereocenters. The minimum atomic E-state index is -0.454. The van der Waals surface area contributed by atoms with Crippen LogP contribution in [0.2, 0.25) is 5.02 Å². The SMILES string of the molecule is COc1ccc(NC(=S)N/N=C\c2ccc(OC(=O)c3ccc(Cl)cc3)cc2)cc1. The molecular formula is C22H18ClN3O3S. The fourth-order valence-electron chi connectivity index (χ4n) is 2.37. The number of carbonyl (C=O) groups excluding carboxylic acids is 1. The fourth-order valence-corrected chi connectivity index (χ4v) is 2.67. The largest absolute Gasteiger partial charge is 0.497 e. The van der Waals surface area contributed by atoms with Crippen molar-refractivity contribution in [3.8, 4) is 11.5 Å². The van der Waals surface area contributed by atoms with E-state index in [0.717, 1.165) is 17.0 Å². The average molecular weight is 440 g/mol. The molecule has 8 heteroatoms. The maximum Gasteiger partial charge on any atom is 0.343 e. The minimum absolute atomic E-state index is 0.352. The molecule has 6 nitrogen and oxygen atoms in total. The number of rotatable bonds is 6. The Balaban J connectivity index is 1.49. The molecule has 0 radical (unpaired) electrons. The van der Waals surface area contributed by atoms with Gasteiger partial charge in [-0.3, -0.25) is 5.43 Å². The van der Waals surface area contributed by atoms with Crippen LogP contribution >= 0.6 is 23.8 Å². The number of thiocarbonyl (C=S) groups is 1. The Kier molecular flexibility index (Phi) is 7.37. The van der Waals surface area contributed by atoms with Gasteiger partial charge in [-0.25, -0.2) is 4.79 Å². The third-order valence-corrected chi connectivity index (χ3v) is 4.34. The number of methoxy groups -OCH3 is 1. The number of anilines is 1. The van der Waals surface area contributed by atoms with E-state index in [1.807, 2.05) is 24.3 Å². The molecule has 0 amide bonds. The van der Waals surface area contributed by atoms with Gasteiger partial charge in [0.2, 0.25) is 0 Å². The van der Waals surface area contributed by atoms with Crippen LogP contribution < -0.4 is 20.2 Å². The van der Waals surface area contributed by atoms with Crippen LogP contribution in [0.4, 0.5) is 5.69 Å². The van der Waals surface area contributed by atoms with Crippen molar-refractivity contribution in [2.24, 2.45) is 5.10 Å². The summed E-state index contributed by atoms with van der Waals surface area (Å²) >= 11 is 11.0. The quantitative estimate of drug-likeness (QED) is 0.187. The highest BCUT2D eigenvalue weighted by Gasteiger charge is 2.08. The molecule has 3 aromatic carbocycles. The van der Waals surface area contributed by atoms with Gasteiger partial charge in [-0.15, -0.1) is 0 Å².